The van der Waals surface area contributed by atoms with E-state index in [1.54, 1.807) is 0 Å². The molecule has 1 aromatic carbocycles. The molecule has 0 fully saturated rings. The van der Waals surface area contributed by atoms with Crippen molar-refractivity contribution < 1.29 is 9.13 Å². The molecule has 1 aromatic heterocycles. The van der Waals surface area contributed by atoms with Gasteiger partial charge >= 0.3 is 0 Å². The number of aromatic nitrogens is 1. The van der Waals surface area contributed by atoms with E-state index in [0.717, 1.165) is 5.56 Å². The van der Waals surface area contributed by atoms with E-state index in [9.17, 15) is 4.39 Å². The Labute approximate surface area is 125 Å². The molecule has 1 heterocycles. The van der Waals surface area contributed by atoms with Crippen LogP contribution in [0.4, 0.5) is 4.39 Å². The first kappa shape index (κ1) is 15.4. The molecule has 0 amide bonds. The summed E-state index contributed by atoms with van der Waals surface area (Å²) in [5, 5.41) is 3.31. The van der Waals surface area contributed by atoms with Gasteiger partial charge in [0, 0.05) is 17.6 Å². The fourth-order valence-electron chi connectivity index (χ4n) is 1.77. The van der Waals surface area contributed by atoms with E-state index < -0.39 is 0 Å². The normalized spacial score (nSPS) is 11.5. The summed E-state index contributed by atoms with van der Waals surface area (Å²) in [5.74, 6) is 0.755. The van der Waals surface area contributed by atoms with Crippen molar-refractivity contribution in [2.24, 2.45) is 0 Å². The van der Waals surface area contributed by atoms with Crippen molar-refractivity contribution in [3.05, 3.63) is 53.5 Å². The second-order valence-corrected chi connectivity index (χ2v) is 6.14. The van der Waals surface area contributed by atoms with Crippen molar-refractivity contribution >= 4 is 0 Å². The van der Waals surface area contributed by atoms with Crippen LogP contribution in [0.3, 0.4) is 0 Å². The number of aryl methyl sites for hydroxylation is 1. The van der Waals surface area contributed by atoms with Gasteiger partial charge in [-0.3, -0.25) is 0 Å². The first-order valence-corrected chi connectivity index (χ1v) is 6.97. The lowest BCUT2D eigenvalue weighted by molar-refractivity contribution is 0.407. The molecule has 2 aromatic rings. The predicted octanol–water partition coefficient (Wildman–Crippen LogP) is 4.21. The molecular formula is C17H21FN2O. The van der Waals surface area contributed by atoms with Crippen LogP contribution in [-0.4, -0.2) is 10.5 Å². The Morgan fingerprint density at radius 1 is 1.19 bits per heavy atom. The number of ether oxygens (including phenoxy) is 1. The van der Waals surface area contributed by atoms with Crippen molar-refractivity contribution in [1.29, 1.82) is 0 Å². The number of nitrogens with zero attached hydrogens (tertiary/aromatic N) is 1. The SMILES string of the molecule is Cc1ccc(Oc2ncc(F)cc2CNC(C)(C)C)cc1. The van der Waals surface area contributed by atoms with Gasteiger partial charge in [0.1, 0.15) is 11.6 Å². The van der Waals surface area contributed by atoms with Crippen molar-refractivity contribution in [2.45, 2.75) is 39.8 Å². The molecule has 0 saturated heterocycles. The van der Waals surface area contributed by atoms with Gasteiger partial charge in [-0.25, -0.2) is 9.37 Å². The third-order valence-corrected chi connectivity index (χ3v) is 2.94. The largest absolute Gasteiger partial charge is 0.439 e. The summed E-state index contributed by atoms with van der Waals surface area (Å²) in [6, 6.07) is 9.13. The molecule has 0 aliphatic carbocycles. The van der Waals surface area contributed by atoms with E-state index in [-0.39, 0.29) is 11.4 Å². The molecule has 0 radical (unpaired) electrons. The van der Waals surface area contributed by atoms with Crippen LogP contribution in [0.2, 0.25) is 0 Å². The van der Waals surface area contributed by atoms with Crippen LogP contribution in [0.25, 0.3) is 0 Å². The molecule has 0 saturated carbocycles. The minimum Gasteiger partial charge on any atom is -0.439 e. The maximum Gasteiger partial charge on any atom is 0.223 e. The Balaban J connectivity index is 2.20. The summed E-state index contributed by atoms with van der Waals surface area (Å²) in [5.41, 5.74) is 1.79. The summed E-state index contributed by atoms with van der Waals surface area (Å²) >= 11 is 0. The van der Waals surface area contributed by atoms with Crippen LogP contribution >= 0.6 is 0 Å². The molecule has 3 nitrogen and oxygen atoms in total. The van der Waals surface area contributed by atoms with E-state index in [0.29, 0.717) is 23.7 Å². The molecule has 21 heavy (non-hydrogen) atoms. The number of halogens is 1. The monoisotopic (exact) mass is 288 g/mol. The van der Waals surface area contributed by atoms with E-state index in [4.69, 9.17) is 4.74 Å². The molecule has 112 valence electrons. The van der Waals surface area contributed by atoms with E-state index in [1.165, 1.54) is 12.3 Å². The molecule has 0 aliphatic heterocycles. The van der Waals surface area contributed by atoms with Gasteiger partial charge in [-0.15, -0.1) is 0 Å². The summed E-state index contributed by atoms with van der Waals surface area (Å²) < 4.78 is 19.2. The number of hydrogen-bond donors (Lipinski definition) is 1. The van der Waals surface area contributed by atoms with Gasteiger partial charge in [0.15, 0.2) is 0 Å². The predicted molar refractivity (Wildman–Crippen MR) is 82.0 cm³/mol. The van der Waals surface area contributed by atoms with Gasteiger partial charge in [-0.2, -0.15) is 0 Å². The van der Waals surface area contributed by atoms with E-state index in [2.05, 4.69) is 31.1 Å². The van der Waals surface area contributed by atoms with Crippen molar-refractivity contribution in [2.75, 3.05) is 0 Å². The Morgan fingerprint density at radius 2 is 1.86 bits per heavy atom. The summed E-state index contributed by atoms with van der Waals surface area (Å²) in [6.07, 6.45) is 1.17. The number of rotatable bonds is 4. The van der Waals surface area contributed by atoms with Crippen LogP contribution in [-0.2, 0) is 6.54 Å². The Bertz CT molecular complexity index is 603. The van der Waals surface area contributed by atoms with Crippen LogP contribution < -0.4 is 10.1 Å². The maximum absolute atomic E-state index is 13.4. The van der Waals surface area contributed by atoms with Gasteiger partial charge in [0.05, 0.1) is 6.20 Å². The third kappa shape index (κ3) is 4.83. The second-order valence-electron chi connectivity index (χ2n) is 6.14. The zero-order valence-corrected chi connectivity index (χ0v) is 12.9. The van der Waals surface area contributed by atoms with Gasteiger partial charge in [0.2, 0.25) is 5.88 Å². The lowest BCUT2D eigenvalue weighted by atomic mass is 10.1. The molecule has 1 N–H and O–H groups in total. The molecule has 0 spiro atoms. The maximum atomic E-state index is 13.4. The molecule has 4 heteroatoms. The average Bonchev–Trinajstić information content (AvgIpc) is 2.40. The topological polar surface area (TPSA) is 34.1 Å². The van der Waals surface area contributed by atoms with Crippen molar-refractivity contribution in [1.82, 2.24) is 10.3 Å². The fraction of sp³-hybridized carbons (Fsp3) is 0.353. The van der Waals surface area contributed by atoms with Gasteiger partial charge < -0.3 is 10.1 Å². The summed E-state index contributed by atoms with van der Waals surface area (Å²) in [7, 11) is 0. The minimum absolute atomic E-state index is 0.0621. The first-order chi connectivity index (χ1) is 9.83. The van der Waals surface area contributed by atoms with Crippen molar-refractivity contribution in [3.8, 4) is 11.6 Å². The lowest BCUT2D eigenvalue weighted by Gasteiger charge is -2.21. The standard InChI is InChI=1S/C17H21FN2O/c1-12-5-7-15(8-6-12)21-16-13(9-14(18)11-19-16)10-20-17(2,3)4/h5-9,11,20H,10H2,1-4H3. The molecule has 0 atom stereocenters. The van der Waals surface area contributed by atoms with E-state index >= 15 is 0 Å². The fourth-order valence-corrected chi connectivity index (χ4v) is 1.77. The van der Waals surface area contributed by atoms with Crippen LogP contribution in [0, 0.1) is 12.7 Å². The smallest absolute Gasteiger partial charge is 0.223 e. The molecular weight excluding hydrogens is 267 g/mol. The molecule has 2 rings (SSSR count). The second kappa shape index (κ2) is 6.22. The number of benzene rings is 1. The van der Waals surface area contributed by atoms with E-state index in [1.807, 2.05) is 31.2 Å². The number of pyridine rings is 1. The number of hydrogen-bond acceptors (Lipinski definition) is 3. The molecule has 0 aliphatic rings. The number of nitrogens with one attached hydrogen (secondary N) is 1. The Kier molecular flexibility index (Phi) is 4.58. The highest BCUT2D eigenvalue weighted by atomic mass is 19.1. The summed E-state index contributed by atoms with van der Waals surface area (Å²) in [4.78, 5) is 4.06. The average molecular weight is 288 g/mol. The Hall–Kier alpha value is -1.94. The van der Waals surface area contributed by atoms with Crippen LogP contribution in [0.5, 0.6) is 11.6 Å². The zero-order valence-electron chi connectivity index (χ0n) is 12.9. The van der Waals surface area contributed by atoms with Gasteiger partial charge in [0.25, 0.3) is 0 Å². The lowest BCUT2D eigenvalue weighted by Crippen LogP contribution is -2.35. The van der Waals surface area contributed by atoms with Crippen LogP contribution in [0.1, 0.15) is 31.9 Å². The van der Waals surface area contributed by atoms with Gasteiger partial charge in [-0.1, -0.05) is 17.7 Å². The Morgan fingerprint density at radius 3 is 2.48 bits per heavy atom. The third-order valence-electron chi connectivity index (χ3n) is 2.94. The van der Waals surface area contributed by atoms with Gasteiger partial charge in [-0.05, 0) is 45.9 Å². The molecule has 0 unspecified atom stereocenters. The quantitative estimate of drug-likeness (QED) is 0.915. The highest BCUT2D eigenvalue weighted by Crippen LogP contribution is 2.24. The summed E-state index contributed by atoms with van der Waals surface area (Å²) in [6.45, 7) is 8.68. The first-order valence-electron chi connectivity index (χ1n) is 6.97. The highest BCUT2D eigenvalue weighted by Gasteiger charge is 2.13. The minimum atomic E-state index is -0.364. The van der Waals surface area contributed by atoms with Crippen molar-refractivity contribution in [3.63, 3.8) is 0 Å². The molecule has 0 bridgehead atoms. The zero-order chi connectivity index (χ0) is 15.5. The van der Waals surface area contributed by atoms with Crippen LogP contribution in [0.15, 0.2) is 36.5 Å². The highest BCUT2D eigenvalue weighted by molar-refractivity contribution is 5.34.